The number of fused-ring (bicyclic) bond motifs is 7. The molecule has 0 unspecified atom stereocenters. The van der Waals surface area contributed by atoms with Crippen LogP contribution in [0, 0.1) is 5.41 Å². The molecule has 4 heterocycles. The average Bonchev–Trinajstić information content (AvgIpc) is 3.97. The Bertz CT molecular complexity index is 3380. The maximum Gasteiger partial charge on any atom is 0.179 e. The van der Waals surface area contributed by atoms with Gasteiger partial charge in [0.25, 0.3) is 0 Å². The van der Waals surface area contributed by atoms with E-state index in [-0.39, 0.29) is 5.71 Å². The highest BCUT2D eigenvalue weighted by molar-refractivity contribution is 7.26. The van der Waals surface area contributed by atoms with Gasteiger partial charge in [-0.3, -0.25) is 10.4 Å². The van der Waals surface area contributed by atoms with E-state index in [0.29, 0.717) is 34.5 Å². The molecule has 0 bridgehead atoms. The van der Waals surface area contributed by atoms with Crippen molar-refractivity contribution < 1.29 is 8.83 Å². The lowest BCUT2D eigenvalue weighted by atomic mass is 10.0. The highest BCUT2D eigenvalue weighted by Crippen LogP contribution is 2.42. The Balaban J connectivity index is 1.07. The lowest BCUT2D eigenvalue weighted by molar-refractivity contribution is 0.605. The minimum atomic E-state index is 0.284. The Morgan fingerprint density at radius 2 is 1.16 bits per heavy atom. The fraction of sp³-hybridized carbons (Fsp3) is 0. The second kappa shape index (κ2) is 13.3. The first kappa shape index (κ1) is 32.8. The number of hydrogen-bond donors (Lipinski definition) is 1. The van der Waals surface area contributed by atoms with Crippen molar-refractivity contribution >= 4 is 82.0 Å². The molecule has 1 N–H and O–H groups in total. The summed E-state index contributed by atoms with van der Waals surface area (Å²) in [5.41, 5.74) is 7.57. The topological polar surface area (TPSA) is 101 Å². The summed E-state index contributed by atoms with van der Waals surface area (Å²) in [5, 5.41) is 14.0. The zero-order valence-electron chi connectivity index (χ0n) is 30.2. The van der Waals surface area contributed by atoms with Crippen molar-refractivity contribution in [3.8, 4) is 34.2 Å². The second-order valence-corrected chi connectivity index (χ2v) is 14.8. The van der Waals surface area contributed by atoms with Crippen LogP contribution in [0.25, 0.3) is 87.2 Å². The van der Waals surface area contributed by atoms with Gasteiger partial charge in [-0.1, -0.05) is 121 Å². The minimum Gasteiger partial charge on any atom is -0.456 e. The standard InChI is InChI=1S/C49H29N5O2S/c50-44(30-13-3-1-4-14-30)46-45(33-18-8-10-22-38(33)56-46)51-28-29-25-26-40-36(27-29)43-35(20-12-24-41(43)57-40)49-53-47(31-15-5-2-6-16-31)52-48(54-49)34-19-11-23-39-42(34)32-17-7-9-21-37(32)55-39/h1-28,50H. The largest absolute Gasteiger partial charge is 0.456 e. The number of aromatic nitrogens is 3. The summed E-state index contributed by atoms with van der Waals surface area (Å²) in [5.74, 6) is 2.18. The lowest BCUT2D eigenvalue weighted by Gasteiger charge is -2.10. The number of para-hydroxylation sites is 2. The smallest absolute Gasteiger partial charge is 0.179 e. The third-order valence-electron chi connectivity index (χ3n) is 10.3. The number of thiophene rings is 1. The molecule has 11 aromatic rings. The van der Waals surface area contributed by atoms with E-state index in [1.54, 1.807) is 11.3 Å². The van der Waals surface area contributed by atoms with Crippen LogP contribution in [-0.2, 0) is 0 Å². The first-order valence-corrected chi connectivity index (χ1v) is 19.4. The van der Waals surface area contributed by atoms with Crippen molar-refractivity contribution in [2.24, 2.45) is 4.99 Å². The predicted octanol–water partition coefficient (Wildman–Crippen LogP) is 13.1. The molecule has 57 heavy (non-hydrogen) atoms. The van der Waals surface area contributed by atoms with Gasteiger partial charge in [0.05, 0.1) is 0 Å². The van der Waals surface area contributed by atoms with Gasteiger partial charge >= 0.3 is 0 Å². The Hall–Kier alpha value is -7.55. The molecule has 0 saturated heterocycles. The quantitative estimate of drug-likeness (QED) is 0.163. The highest BCUT2D eigenvalue weighted by atomic mass is 32.1. The van der Waals surface area contributed by atoms with Crippen molar-refractivity contribution in [2.45, 2.75) is 0 Å². The van der Waals surface area contributed by atoms with Crippen molar-refractivity contribution in [3.05, 3.63) is 181 Å². The fourth-order valence-electron chi connectivity index (χ4n) is 7.61. The Labute approximate surface area is 329 Å². The monoisotopic (exact) mass is 751 g/mol. The maximum absolute atomic E-state index is 9.03. The Morgan fingerprint density at radius 3 is 1.95 bits per heavy atom. The van der Waals surface area contributed by atoms with Gasteiger partial charge in [0.15, 0.2) is 23.2 Å². The molecule has 0 atom stereocenters. The number of benzene rings is 7. The van der Waals surface area contributed by atoms with E-state index >= 15 is 0 Å². The molecule has 0 spiro atoms. The number of aliphatic imine (C=N–C) groups is 1. The zero-order chi connectivity index (χ0) is 37.9. The molecule has 11 rings (SSSR count). The van der Waals surface area contributed by atoms with Crippen LogP contribution in [0.1, 0.15) is 16.9 Å². The number of nitrogens with zero attached hydrogens (tertiary/aromatic N) is 4. The van der Waals surface area contributed by atoms with E-state index in [9.17, 15) is 0 Å². The van der Waals surface area contributed by atoms with Gasteiger partial charge in [-0.15, -0.1) is 11.3 Å². The Morgan fingerprint density at radius 1 is 0.526 bits per heavy atom. The molecule has 0 aliphatic carbocycles. The molecule has 0 saturated carbocycles. The number of hydrogen-bond acceptors (Lipinski definition) is 8. The molecule has 0 amide bonds. The van der Waals surface area contributed by atoms with Crippen LogP contribution >= 0.6 is 11.3 Å². The summed E-state index contributed by atoms with van der Waals surface area (Å²) in [7, 11) is 0. The summed E-state index contributed by atoms with van der Waals surface area (Å²) in [6.45, 7) is 0. The van der Waals surface area contributed by atoms with Gasteiger partial charge in [0.2, 0.25) is 0 Å². The van der Waals surface area contributed by atoms with E-state index in [0.717, 1.165) is 75.3 Å². The van der Waals surface area contributed by atoms with Crippen molar-refractivity contribution in [1.82, 2.24) is 15.0 Å². The molecule has 7 nitrogen and oxygen atoms in total. The summed E-state index contributed by atoms with van der Waals surface area (Å²) in [4.78, 5) is 20.5. The van der Waals surface area contributed by atoms with E-state index in [1.807, 2.05) is 121 Å². The van der Waals surface area contributed by atoms with Crippen LogP contribution < -0.4 is 0 Å². The number of nitrogens with one attached hydrogen (secondary N) is 1. The van der Waals surface area contributed by atoms with Crippen LogP contribution in [0.15, 0.2) is 178 Å². The maximum atomic E-state index is 9.03. The molecule has 7 aromatic carbocycles. The van der Waals surface area contributed by atoms with E-state index in [2.05, 4.69) is 48.5 Å². The van der Waals surface area contributed by atoms with Gasteiger partial charge in [-0.2, -0.15) is 0 Å². The zero-order valence-corrected chi connectivity index (χ0v) is 31.0. The highest BCUT2D eigenvalue weighted by Gasteiger charge is 2.21. The summed E-state index contributed by atoms with van der Waals surface area (Å²) in [6, 6.07) is 54.2. The third kappa shape index (κ3) is 5.61. The van der Waals surface area contributed by atoms with Crippen LogP contribution in [0.4, 0.5) is 5.69 Å². The van der Waals surface area contributed by atoms with Gasteiger partial charge in [-0.05, 0) is 48.0 Å². The SMILES string of the molecule is N=C(c1ccccc1)c1oc2ccccc2c1N=Cc1ccc2sc3cccc(-c4nc(-c5ccccc5)nc(-c5cccc6oc7ccccc7c56)n4)c3c2c1. The third-order valence-corrected chi connectivity index (χ3v) is 11.4. The van der Waals surface area contributed by atoms with Crippen molar-refractivity contribution in [3.63, 3.8) is 0 Å². The minimum absolute atomic E-state index is 0.284. The Kier molecular flexibility index (Phi) is 7.68. The molecule has 8 heteroatoms. The van der Waals surface area contributed by atoms with Crippen LogP contribution in [0.2, 0.25) is 0 Å². The lowest BCUT2D eigenvalue weighted by Crippen LogP contribution is -2.00. The molecular formula is C49H29N5O2S. The van der Waals surface area contributed by atoms with Gasteiger partial charge in [-0.25, -0.2) is 15.0 Å². The van der Waals surface area contributed by atoms with Gasteiger partial charge < -0.3 is 8.83 Å². The summed E-state index contributed by atoms with van der Waals surface area (Å²) in [6.07, 6.45) is 1.86. The fourth-order valence-corrected chi connectivity index (χ4v) is 8.72. The van der Waals surface area contributed by atoms with Crippen LogP contribution in [-0.4, -0.2) is 26.9 Å². The molecule has 0 aliphatic heterocycles. The number of furan rings is 2. The first-order chi connectivity index (χ1) is 28.2. The molecule has 0 aliphatic rings. The molecule has 0 fully saturated rings. The molecule has 0 radical (unpaired) electrons. The summed E-state index contributed by atoms with van der Waals surface area (Å²) >= 11 is 1.74. The van der Waals surface area contributed by atoms with E-state index in [1.165, 1.54) is 0 Å². The second-order valence-electron chi connectivity index (χ2n) is 13.8. The van der Waals surface area contributed by atoms with Crippen molar-refractivity contribution in [2.75, 3.05) is 0 Å². The van der Waals surface area contributed by atoms with Crippen molar-refractivity contribution in [1.29, 1.82) is 5.41 Å². The van der Waals surface area contributed by atoms with Crippen LogP contribution in [0.5, 0.6) is 0 Å². The predicted molar refractivity (Wildman–Crippen MR) is 232 cm³/mol. The molecule has 268 valence electrons. The molecule has 4 aromatic heterocycles. The normalized spacial score (nSPS) is 11.9. The molecular weight excluding hydrogens is 723 g/mol. The average molecular weight is 752 g/mol. The van der Waals surface area contributed by atoms with E-state index < -0.39 is 0 Å². The summed E-state index contributed by atoms with van der Waals surface area (Å²) < 4.78 is 14.8. The first-order valence-electron chi connectivity index (χ1n) is 18.5. The number of rotatable bonds is 7. The van der Waals surface area contributed by atoms with Gasteiger partial charge in [0.1, 0.15) is 28.1 Å². The van der Waals surface area contributed by atoms with E-state index in [4.69, 9.17) is 34.2 Å². The van der Waals surface area contributed by atoms with Gasteiger partial charge in [0, 0.05) is 64.8 Å². The van der Waals surface area contributed by atoms with Crippen LogP contribution in [0.3, 0.4) is 0 Å².